The van der Waals surface area contributed by atoms with Gasteiger partial charge >= 0.3 is 0 Å². The number of rotatable bonds is 4. The van der Waals surface area contributed by atoms with Crippen LogP contribution in [0, 0.1) is 0 Å². The molecule has 6 nitrogen and oxygen atoms in total. The summed E-state index contributed by atoms with van der Waals surface area (Å²) < 4.78 is 0. The van der Waals surface area contributed by atoms with Crippen LogP contribution in [0.2, 0.25) is 0 Å². The molecule has 2 aromatic rings. The van der Waals surface area contributed by atoms with Crippen LogP contribution in [0.15, 0.2) is 24.3 Å². The Kier molecular flexibility index (Phi) is 4.03. The highest BCUT2D eigenvalue weighted by Gasteiger charge is 2.14. The lowest BCUT2D eigenvalue weighted by molar-refractivity contribution is 0.0938. The molecule has 0 aliphatic carbocycles. The maximum Gasteiger partial charge on any atom is 0.251 e. The van der Waals surface area contributed by atoms with E-state index < -0.39 is 0 Å². The van der Waals surface area contributed by atoms with E-state index in [1.54, 1.807) is 19.1 Å². The number of halogens is 1. The molecule has 1 amide bonds. The van der Waals surface area contributed by atoms with Gasteiger partial charge in [0.25, 0.3) is 5.91 Å². The predicted molar refractivity (Wildman–Crippen MR) is 69.1 cm³/mol. The van der Waals surface area contributed by atoms with Gasteiger partial charge in [-0.25, -0.2) is 0 Å². The van der Waals surface area contributed by atoms with Crippen LogP contribution >= 0.6 is 15.9 Å². The van der Waals surface area contributed by atoms with Crippen molar-refractivity contribution in [3.63, 3.8) is 0 Å². The topological polar surface area (TPSA) is 83.6 Å². The normalized spacial score (nSPS) is 12.1. The summed E-state index contributed by atoms with van der Waals surface area (Å²) in [5.74, 6) is 0.300. The largest absolute Gasteiger partial charge is 0.342 e. The maximum atomic E-state index is 11.9. The summed E-state index contributed by atoms with van der Waals surface area (Å²) in [6.45, 7) is 1.80. The van der Waals surface area contributed by atoms with Crippen molar-refractivity contribution in [1.82, 2.24) is 25.9 Å². The molecule has 1 atom stereocenters. The van der Waals surface area contributed by atoms with Crippen molar-refractivity contribution in [3.8, 4) is 0 Å². The van der Waals surface area contributed by atoms with Crippen molar-refractivity contribution in [2.24, 2.45) is 0 Å². The Morgan fingerprint density at radius 3 is 2.72 bits per heavy atom. The predicted octanol–water partition coefficient (Wildman–Crippen LogP) is 1.59. The second-order valence-electron chi connectivity index (χ2n) is 3.80. The summed E-state index contributed by atoms with van der Waals surface area (Å²) in [6, 6.07) is 7.10. The number of alkyl halides is 1. The number of tetrazole rings is 1. The number of hydrogen-bond donors (Lipinski definition) is 2. The van der Waals surface area contributed by atoms with Gasteiger partial charge in [-0.2, -0.15) is 5.21 Å². The highest BCUT2D eigenvalue weighted by molar-refractivity contribution is 9.08. The summed E-state index contributed by atoms with van der Waals surface area (Å²) >= 11 is 3.36. The molecule has 0 aliphatic rings. The molecule has 7 heteroatoms. The standard InChI is InChI=1S/C11H12BrN5O/c1-7(10-14-16-17-15-10)13-11(18)9-4-2-8(6-12)3-5-9/h2-5,7H,6H2,1H3,(H,13,18)(H,14,15,16,17). The molecule has 0 radical (unpaired) electrons. The Morgan fingerprint density at radius 2 is 2.17 bits per heavy atom. The molecule has 94 valence electrons. The van der Waals surface area contributed by atoms with E-state index in [9.17, 15) is 4.79 Å². The number of aromatic amines is 1. The minimum absolute atomic E-state index is 0.159. The van der Waals surface area contributed by atoms with E-state index in [-0.39, 0.29) is 11.9 Å². The lowest BCUT2D eigenvalue weighted by Gasteiger charge is -2.10. The number of H-pyrrole nitrogens is 1. The third kappa shape index (κ3) is 2.92. The third-order valence-electron chi connectivity index (χ3n) is 2.47. The zero-order chi connectivity index (χ0) is 13.0. The number of benzene rings is 1. The Labute approximate surface area is 112 Å². The van der Waals surface area contributed by atoms with E-state index in [1.165, 1.54) is 0 Å². The first-order valence-electron chi connectivity index (χ1n) is 5.40. The van der Waals surface area contributed by atoms with Crippen LogP contribution in [0.5, 0.6) is 0 Å². The lowest BCUT2D eigenvalue weighted by Crippen LogP contribution is -2.27. The fourth-order valence-corrected chi connectivity index (χ4v) is 1.82. The molecule has 0 saturated carbocycles. The Bertz CT molecular complexity index is 511. The van der Waals surface area contributed by atoms with E-state index in [2.05, 4.69) is 41.9 Å². The molecule has 0 saturated heterocycles. The van der Waals surface area contributed by atoms with Crippen molar-refractivity contribution >= 4 is 21.8 Å². The summed E-state index contributed by atoms with van der Waals surface area (Å²) in [6.07, 6.45) is 0. The summed E-state index contributed by atoms with van der Waals surface area (Å²) in [7, 11) is 0. The number of hydrogen-bond acceptors (Lipinski definition) is 4. The molecular weight excluding hydrogens is 298 g/mol. The maximum absolute atomic E-state index is 11.9. The first-order valence-corrected chi connectivity index (χ1v) is 6.52. The lowest BCUT2D eigenvalue weighted by atomic mass is 10.1. The quantitative estimate of drug-likeness (QED) is 0.840. The third-order valence-corrected chi connectivity index (χ3v) is 3.11. The molecule has 2 rings (SSSR count). The van der Waals surface area contributed by atoms with Crippen molar-refractivity contribution in [3.05, 3.63) is 41.2 Å². The van der Waals surface area contributed by atoms with E-state index in [0.717, 1.165) is 10.9 Å². The fourth-order valence-electron chi connectivity index (χ4n) is 1.44. The molecule has 0 aliphatic heterocycles. The minimum Gasteiger partial charge on any atom is -0.342 e. The molecule has 18 heavy (non-hydrogen) atoms. The van der Waals surface area contributed by atoms with Gasteiger partial charge in [0.1, 0.15) is 0 Å². The molecule has 1 aromatic heterocycles. The second-order valence-corrected chi connectivity index (χ2v) is 4.36. The summed E-state index contributed by atoms with van der Waals surface area (Å²) in [4.78, 5) is 11.9. The van der Waals surface area contributed by atoms with Crippen LogP contribution < -0.4 is 5.32 Å². The number of aromatic nitrogens is 4. The van der Waals surface area contributed by atoms with E-state index in [4.69, 9.17) is 0 Å². The van der Waals surface area contributed by atoms with E-state index in [1.807, 2.05) is 12.1 Å². The number of nitrogens with zero attached hydrogens (tertiary/aromatic N) is 3. The number of carbonyl (C=O) groups excluding carboxylic acids is 1. The van der Waals surface area contributed by atoms with Crippen LogP contribution in [0.25, 0.3) is 0 Å². The molecule has 0 spiro atoms. The number of nitrogens with one attached hydrogen (secondary N) is 2. The van der Waals surface area contributed by atoms with Crippen LogP contribution in [0.1, 0.15) is 34.7 Å². The molecule has 2 N–H and O–H groups in total. The highest BCUT2D eigenvalue weighted by atomic mass is 79.9. The van der Waals surface area contributed by atoms with Gasteiger partial charge in [-0.15, -0.1) is 10.2 Å². The molecular formula is C11H12BrN5O. The first kappa shape index (κ1) is 12.7. The molecule has 1 heterocycles. The van der Waals surface area contributed by atoms with Gasteiger partial charge < -0.3 is 5.32 Å². The minimum atomic E-state index is -0.285. The zero-order valence-electron chi connectivity index (χ0n) is 9.72. The van der Waals surface area contributed by atoms with Gasteiger partial charge in [0.15, 0.2) is 5.82 Å². The first-order chi connectivity index (χ1) is 8.70. The van der Waals surface area contributed by atoms with Gasteiger partial charge in [0.2, 0.25) is 0 Å². The van der Waals surface area contributed by atoms with E-state index >= 15 is 0 Å². The molecule has 1 unspecified atom stereocenters. The smallest absolute Gasteiger partial charge is 0.251 e. The van der Waals surface area contributed by atoms with Crippen molar-refractivity contribution < 1.29 is 4.79 Å². The number of carbonyl (C=O) groups is 1. The summed E-state index contributed by atoms with van der Waals surface area (Å²) in [5, 5.41) is 17.0. The van der Waals surface area contributed by atoms with Crippen LogP contribution in [-0.2, 0) is 5.33 Å². The van der Waals surface area contributed by atoms with Gasteiger partial charge in [-0.1, -0.05) is 33.3 Å². The van der Waals surface area contributed by atoms with Gasteiger partial charge in [0.05, 0.1) is 6.04 Å². The van der Waals surface area contributed by atoms with Gasteiger partial charge in [-0.3, -0.25) is 4.79 Å². The zero-order valence-corrected chi connectivity index (χ0v) is 11.3. The average Bonchev–Trinajstić information content (AvgIpc) is 2.92. The fraction of sp³-hybridized carbons (Fsp3) is 0.273. The average molecular weight is 310 g/mol. The van der Waals surface area contributed by atoms with Crippen LogP contribution in [0.3, 0.4) is 0 Å². The van der Waals surface area contributed by atoms with Crippen molar-refractivity contribution in [2.75, 3.05) is 0 Å². The summed E-state index contributed by atoms with van der Waals surface area (Å²) in [5.41, 5.74) is 1.73. The van der Waals surface area contributed by atoms with Gasteiger partial charge in [0, 0.05) is 10.9 Å². The van der Waals surface area contributed by atoms with Crippen molar-refractivity contribution in [1.29, 1.82) is 0 Å². The second kappa shape index (κ2) is 5.72. The van der Waals surface area contributed by atoms with E-state index in [0.29, 0.717) is 11.4 Å². The molecule has 1 aromatic carbocycles. The van der Waals surface area contributed by atoms with Crippen LogP contribution in [-0.4, -0.2) is 26.5 Å². The van der Waals surface area contributed by atoms with Gasteiger partial charge in [-0.05, 0) is 24.6 Å². The molecule has 0 fully saturated rings. The Balaban J connectivity index is 2.03. The number of amides is 1. The monoisotopic (exact) mass is 309 g/mol. The highest BCUT2D eigenvalue weighted by Crippen LogP contribution is 2.10. The Morgan fingerprint density at radius 1 is 1.44 bits per heavy atom. The Hall–Kier alpha value is -1.76. The molecule has 0 bridgehead atoms. The van der Waals surface area contributed by atoms with Crippen LogP contribution in [0.4, 0.5) is 0 Å². The SMILES string of the molecule is CC(NC(=O)c1ccc(CBr)cc1)c1nn[nH]n1. The van der Waals surface area contributed by atoms with Crippen molar-refractivity contribution in [2.45, 2.75) is 18.3 Å².